The summed E-state index contributed by atoms with van der Waals surface area (Å²) in [6.45, 7) is 7.00. The third-order valence-corrected chi connectivity index (χ3v) is 8.02. The number of fused-ring (bicyclic) bond motifs is 1. The van der Waals surface area contributed by atoms with Gasteiger partial charge in [-0.15, -0.1) is 11.3 Å². The topological polar surface area (TPSA) is 61.4 Å². The fourth-order valence-electron chi connectivity index (χ4n) is 5.03. The van der Waals surface area contributed by atoms with Crippen LogP contribution in [0.15, 0.2) is 48.5 Å². The maximum atomic E-state index is 11.9. The number of hydrogen-bond acceptors (Lipinski definition) is 6. The Labute approximate surface area is 203 Å². The minimum Gasteiger partial charge on any atom is -0.351 e. The molecule has 1 N–H and O–H groups in total. The van der Waals surface area contributed by atoms with Gasteiger partial charge in [-0.1, -0.05) is 36.4 Å². The maximum absolute atomic E-state index is 11.9. The van der Waals surface area contributed by atoms with Crippen molar-refractivity contribution in [3.63, 3.8) is 0 Å². The Kier molecular flexibility index (Phi) is 6.62. The summed E-state index contributed by atoms with van der Waals surface area (Å²) < 4.78 is 1.22. The lowest BCUT2D eigenvalue weighted by atomic mass is 9.89. The van der Waals surface area contributed by atoms with E-state index in [1.807, 2.05) is 17.0 Å². The summed E-state index contributed by atoms with van der Waals surface area (Å²) in [6, 6.07) is 9.17. The van der Waals surface area contributed by atoms with Crippen LogP contribution in [0.2, 0.25) is 5.02 Å². The first-order valence-electron chi connectivity index (χ1n) is 11.5. The lowest BCUT2D eigenvalue weighted by molar-refractivity contribution is -0.128. The smallest absolute Gasteiger partial charge is 0.246 e. The summed E-state index contributed by atoms with van der Waals surface area (Å²) in [6.07, 6.45) is 7.64. The van der Waals surface area contributed by atoms with E-state index in [4.69, 9.17) is 16.6 Å². The highest BCUT2D eigenvalue weighted by atomic mass is 35.5. The van der Waals surface area contributed by atoms with Crippen LogP contribution in [0.3, 0.4) is 0 Å². The molecular weight excluding hydrogens is 454 g/mol. The number of rotatable bonds is 5. The lowest BCUT2D eigenvalue weighted by Crippen LogP contribution is -2.53. The van der Waals surface area contributed by atoms with Gasteiger partial charge < -0.3 is 10.2 Å². The van der Waals surface area contributed by atoms with Crippen LogP contribution >= 0.6 is 22.9 Å². The van der Waals surface area contributed by atoms with Gasteiger partial charge in [0, 0.05) is 59.3 Å². The van der Waals surface area contributed by atoms with Crippen molar-refractivity contribution < 1.29 is 4.79 Å². The Bertz CT molecular complexity index is 1160. The second kappa shape index (κ2) is 9.79. The molecule has 3 aromatic rings. The Morgan fingerprint density at radius 2 is 2.03 bits per heavy atom. The Morgan fingerprint density at radius 3 is 2.85 bits per heavy atom. The molecule has 0 unspecified atom stereocenters. The van der Waals surface area contributed by atoms with Crippen LogP contribution in [0.25, 0.3) is 21.3 Å². The van der Waals surface area contributed by atoms with Crippen LogP contribution < -0.4 is 5.32 Å². The molecule has 1 saturated heterocycles. The van der Waals surface area contributed by atoms with Crippen molar-refractivity contribution in [2.75, 3.05) is 31.5 Å². The van der Waals surface area contributed by atoms with Gasteiger partial charge in [0.05, 0.1) is 16.9 Å². The minimum atomic E-state index is 0.0342. The molecule has 5 rings (SSSR count). The maximum Gasteiger partial charge on any atom is 0.246 e. The second-order valence-corrected chi connectivity index (χ2v) is 10.1. The van der Waals surface area contributed by atoms with E-state index < -0.39 is 0 Å². The third kappa shape index (κ3) is 4.76. The van der Waals surface area contributed by atoms with Crippen molar-refractivity contribution in [3.8, 4) is 11.3 Å². The van der Waals surface area contributed by atoms with E-state index in [9.17, 15) is 4.79 Å². The number of carbonyl (C=O) groups excluding carboxylic acids is 1. The standard InChI is InChI=1S/C25H28ClN5OS/c1-2-23(32)31-12-10-30(11-13-31)18-7-5-6-17(14-18)28-25-27-15-21(26)24(29-25)20-16-33-22-9-4-3-8-19(20)22/h2-4,8-9,15-18H,1,5-7,10-14H2,(H,27,28,29)/t17-,18+/m1/s1. The highest BCUT2D eigenvalue weighted by molar-refractivity contribution is 7.17. The van der Waals surface area contributed by atoms with E-state index in [-0.39, 0.29) is 5.91 Å². The zero-order chi connectivity index (χ0) is 22.8. The molecular formula is C25H28ClN5OS. The van der Waals surface area contributed by atoms with E-state index in [0.717, 1.165) is 50.3 Å². The van der Waals surface area contributed by atoms with Crippen LogP contribution in [0.4, 0.5) is 5.95 Å². The van der Waals surface area contributed by atoms with Crippen molar-refractivity contribution in [3.05, 3.63) is 53.5 Å². The number of nitrogens with one attached hydrogen (secondary N) is 1. The van der Waals surface area contributed by atoms with Crippen molar-refractivity contribution >= 4 is 44.9 Å². The summed E-state index contributed by atoms with van der Waals surface area (Å²) in [4.78, 5) is 25.6. The van der Waals surface area contributed by atoms with Gasteiger partial charge in [-0.2, -0.15) is 0 Å². The fourth-order valence-corrected chi connectivity index (χ4v) is 6.17. The molecule has 0 spiro atoms. The molecule has 1 amide bonds. The first kappa shape index (κ1) is 22.3. The lowest BCUT2D eigenvalue weighted by Gasteiger charge is -2.42. The van der Waals surface area contributed by atoms with Gasteiger partial charge in [0.15, 0.2) is 0 Å². The van der Waals surface area contributed by atoms with Crippen molar-refractivity contribution in [2.45, 2.75) is 37.8 Å². The van der Waals surface area contributed by atoms with E-state index in [2.05, 4.69) is 39.3 Å². The fraction of sp³-hybridized carbons (Fsp3) is 0.400. The van der Waals surface area contributed by atoms with Crippen LogP contribution in [0, 0.1) is 0 Å². The first-order valence-corrected chi connectivity index (χ1v) is 12.8. The molecule has 33 heavy (non-hydrogen) atoms. The van der Waals surface area contributed by atoms with Crippen LogP contribution in [-0.4, -0.2) is 63.9 Å². The zero-order valence-corrected chi connectivity index (χ0v) is 20.1. The molecule has 2 fully saturated rings. The number of carbonyl (C=O) groups is 1. The van der Waals surface area contributed by atoms with Crippen molar-refractivity contribution in [2.24, 2.45) is 0 Å². The summed E-state index contributed by atoms with van der Waals surface area (Å²) >= 11 is 8.21. The molecule has 1 aliphatic heterocycles. The summed E-state index contributed by atoms with van der Waals surface area (Å²) in [5.41, 5.74) is 1.83. The Balaban J connectivity index is 1.27. The van der Waals surface area contributed by atoms with Gasteiger partial charge >= 0.3 is 0 Å². The molecule has 1 saturated carbocycles. The van der Waals surface area contributed by atoms with Gasteiger partial charge in [0.2, 0.25) is 11.9 Å². The van der Waals surface area contributed by atoms with Crippen molar-refractivity contribution in [1.29, 1.82) is 0 Å². The Morgan fingerprint density at radius 1 is 1.21 bits per heavy atom. The highest BCUT2D eigenvalue weighted by Gasteiger charge is 2.30. The monoisotopic (exact) mass is 481 g/mol. The normalized spacial score (nSPS) is 21.8. The van der Waals surface area contributed by atoms with Crippen LogP contribution in [0.1, 0.15) is 25.7 Å². The quantitative estimate of drug-likeness (QED) is 0.516. The average Bonchev–Trinajstić information content (AvgIpc) is 3.29. The number of aromatic nitrogens is 2. The van der Waals surface area contributed by atoms with Gasteiger partial charge in [-0.3, -0.25) is 9.69 Å². The molecule has 2 aromatic heterocycles. The molecule has 2 aliphatic rings. The van der Waals surface area contributed by atoms with E-state index in [0.29, 0.717) is 23.1 Å². The van der Waals surface area contributed by atoms with E-state index in [1.54, 1.807) is 17.5 Å². The number of hydrogen-bond donors (Lipinski definition) is 1. The number of nitrogens with zero attached hydrogens (tertiary/aromatic N) is 4. The van der Waals surface area contributed by atoms with Gasteiger partial charge in [-0.05, 0) is 37.8 Å². The van der Waals surface area contributed by atoms with Crippen LogP contribution in [0.5, 0.6) is 0 Å². The number of benzene rings is 1. The molecule has 0 radical (unpaired) electrons. The molecule has 3 heterocycles. The average molecular weight is 482 g/mol. The van der Waals surface area contributed by atoms with Gasteiger partial charge in [0.1, 0.15) is 0 Å². The third-order valence-electron chi connectivity index (χ3n) is 6.78. The Hall–Kier alpha value is -2.48. The molecule has 1 aromatic carbocycles. The van der Waals surface area contributed by atoms with Crippen LogP contribution in [-0.2, 0) is 4.79 Å². The van der Waals surface area contributed by atoms with Gasteiger partial charge in [-0.25, -0.2) is 9.97 Å². The molecule has 8 heteroatoms. The summed E-state index contributed by atoms with van der Waals surface area (Å²) in [7, 11) is 0. The van der Waals surface area contributed by atoms with E-state index >= 15 is 0 Å². The predicted octanol–water partition coefficient (Wildman–Crippen LogP) is 5.07. The number of halogens is 1. The summed E-state index contributed by atoms with van der Waals surface area (Å²) in [5, 5.41) is 7.44. The zero-order valence-electron chi connectivity index (χ0n) is 18.5. The predicted molar refractivity (Wildman–Crippen MR) is 136 cm³/mol. The molecule has 0 bridgehead atoms. The highest BCUT2D eigenvalue weighted by Crippen LogP contribution is 2.36. The first-order chi connectivity index (χ1) is 16.1. The molecule has 6 nitrogen and oxygen atoms in total. The number of piperazine rings is 1. The number of amides is 1. The van der Waals surface area contributed by atoms with Gasteiger partial charge in [0.25, 0.3) is 0 Å². The SMILES string of the molecule is C=CC(=O)N1CCN([C@H]2CCC[C@@H](Nc3ncc(Cl)c(-c4csc5ccccc45)n3)C2)CC1. The molecule has 1 aliphatic carbocycles. The number of anilines is 1. The molecule has 172 valence electrons. The number of thiophene rings is 1. The second-order valence-electron chi connectivity index (χ2n) is 8.76. The summed E-state index contributed by atoms with van der Waals surface area (Å²) in [5.74, 6) is 0.670. The largest absolute Gasteiger partial charge is 0.351 e. The minimum absolute atomic E-state index is 0.0342. The van der Waals surface area contributed by atoms with E-state index in [1.165, 1.54) is 29.0 Å². The van der Waals surface area contributed by atoms with Crippen molar-refractivity contribution in [1.82, 2.24) is 19.8 Å². The molecule has 2 atom stereocenters.